The maximum absolute atomic E-state index is 13.2. The third kappa shape index (κ3) is 5.74. The number of benzene rings is 2. The van der Waals surface area contributed by atoms with Crippen LogP contribution in [-0.4, -0.2) is 60.9 Å². The molecule has 0 aliphatic carbocycles. The van der Waals surface area contributed by atoms with Gasteiger partial charge in [0.15, 0.2) is 18.1 Å². The van der Waals surface area contributed by atoms with Crippen LogP contribution in [0.25, 0.3) is 0 Å². The zero-order chi connectivity index (χ0) is 22.5. The van der Waals surface area contributed by atoms with Crippen molar-refractivity contribution in [1.82, 2.24) is 9.80 Å². The first-order valence-electron chi connectivity index (χ1n) is 10.1. The lowest BCUT2D eigenvalue weighted by atomic mass is 10.1. The van der Waals surface area contributed by atoms with E-state index in [1.807, 2.05) is 11.8 Å². The summed E-state index contributed by atoms with van der Waals surface area (Å²) in [5.74, 6) is 0.538. The van der Waals surface area contributed by atoms with Gasteiger partial charge in [0.25, 0.3) is 5.91 Å². The average Bonchev–Trinajstić information content (AvgIpc) is 2.75. The highest BCUT2D eigenvalue weighted by Crippen LogP contribution is 2.33. The van der Waals surface area contributed by atoms with Crippen molar-refractivity contribution in [2.24, 2.45) is 0 Å². The number of halogens is 2. The van der Waals surface area contributed by atoms with Crippen molar-refractivity contribution in [3.63, 3.8) is 0 Å². The van der Waals surface area contributed by atoms with Gasteiger partial charge in [-0.2, -0.15) is 0 Å². The van der Waals surface area contributed by atoms with E-state index in [1.54, 1.807) is 24.3 Å². The lowest BCUT2D eigenvalue weighted by Gasteiger charge is -2.44. The number of piperazine rings is 1. The van der Waals surface area contributed by atoms with Gasteiger partial charge in [0.05, 0.1) is 10.7 Å². The second kappa shape index (κ2) is 10.4. The van der Waals surface area contributed by atoms with Gasteiger partial charge in [0.2, 0.25) is 0 Å². The van der Waals surface area contributed by atoms with Crippen molar-refractivity contribution in [2.75, 3.05) is 26.8 Å². The number of hydrogen-bond acceptors (Lipinski definition) is 5. The fourth-order valence-corrected chi connectivity index (χ4v) is 4.54. The van der Waals surface area contributed by atoms with E-state index in [2.05, 4.69) is 34.4 Å². The summed E-state index contributed by atoms with van der Waals surface area (Å²) >= 11 is 2.06. The minimum absolute atomic E-state index is 0.0196. The summed E-state index contributed by atoms with van der Waals surface area (Å²) in [6, 6.07) is 9.99. The SMILES string of the molecule is COc1cc(C=O)cc(I)c1OCC(=O)N1CC(C)N(Cc2ccc(F)cc2)CC1C. The third-order valence-electron chi connectivity index (χ3n) is 5.46. The number of rotatable bonds is 7. The summed E-state index contributed by atoms with van der Waals surface area (Å²) in [4.78, 5) is 28.1. The molecule has 6 nitrogen and oxygen atoms in total. The molecule has 1 amide bonds. The Bertz CT molecular complexity index is 938. The Morgan fingerprint density at radius 2 is 1.90 bits per heavy atom. The molecule has 0 radical (unpaired) electrons. The van der Waals surface area contributed by atoms with Crippen LogP contribution in [-0.2, 0) is 11.3 Å². The largest absolute Gasteiger partial charge is 0.493 e. The second-order valence-electron chi connectivity index (χ2n) is 7.74. The summed E-state index contributed by atoms with van der Waals surface area (Å²) in [5.41, 5.74) is 1.53. The quantitative estimate of drug-likeness (QED) is 0.396. The molecule has 3 rings (SSSR count). The monoisotopic (exact) mass is 540 g/mol. The van der Waals surface area contributed by atoms with Crippen molar-refractivity contribution >= 4 is 34.8 Å². The molecule has 31 heavy (non-hydrogen) atoms. The van der Waals surface area contributed by atoms with Crippen LogP contribution < -0.4 is 9.47 Å². The molecule has 2 aromatic rings. The number of aldehydes is 1. The van der Waals surface area contributed by atoms with E-state index in [-0.39, 0.29) is 30.4 Å². The Kier molecular flexibility index (Phi) is 7.88. The highest BCUT2D eigenvalue weighted by molar-refractivity contribution is 14.1. The molecule has 1 aliphatic rings. The van der Waals surface area contributed by atoms with Gasteiger partial charge in [0.1, 0.15) is 12.1 Å². The predicted molar refractivity (Wildman–Crippen MR) is 124 cm³/mol. The molecule has 1 saturated heterocycles. The first kappa shape index (κ1) is 23.5. The highest BCUT2D eigenvalue weighted by Gasteiger charge is 2.32. The van der Waals surface area contributed by atoms with Gasteiger partial charge in [-0.15, -0.1) is 0 Å². The van der Waals surface area contributed by atoms with Crippen LogP contribution >= 0.6 is 22.6 Å². The van der Waals surface area contributed by atoms with Gasteiger partial charge < -0.3 is 14.4 Å². The van der Waals surface area contributed by atoms with E-state index in [1.165, 1.54) is 19.2 Å². The van der Waals surface area contributed by atoms with Crippen molar-refractivity contribution in [3.8, 4) is 11.5 Å². The first-order chi connectivity index (χ1) is 14.8. The number of methoxy groups -OCH3 is 1. The molecule has 1 heterocycles. The van der Waals surface area contributed by atoms with Crippen molar-refractivity contribution in [2.45, 2.75) is 32.5 Å². The van der Waals surface area contributed by atoms with Crippen LogP contribution in [0.5, 0.6) is 11.5 Å². The molecule has 0 spiro atoms. The van der Waals surface area contributed by atoms with Crippen molar-refractivity contribution < 1.29 is 23.5 Å². The Balaban J connectivity index is 1.62. The van der Waals surface area contributed by atoms with Crippen LogP contribution in [0, 0.1) is 9.39 Å². The topological polar surface area (TPSA) is 59.1 Å². The average molecular weight is 540 g/mol. The van der Waals surface area contributed by atoms with E-state index in [4.69, 9.17) is 9.47 Å². The van der Waals surface area contributed by atoms with Gasteiger partial charge in [-0.05, 0) is 66.3 Å². The van der Waals surface area contributed by atoms with Crippen LogP contribution in [0.15, 0.2) is 36.4 Å². The van der Waals surface area contributed by atoms with Crippen LogP contribution in [0.1, 0.15) is 29.8 Å². The van der Waals surface area contributed by atoms with Gasteiger partial charge in [0, 0.05) is 37.3 Å². The zero-order valence-corrected chi connectivity index (χ0v) is 20.0. The predicted octanol–water partition coefficient (Wildman–Crippen LogP) is 3.75. The molecule has 1 aliphatic heterocycles. The molecule has 8 heteroatoms. The standard InChI is InChI=1S/C23H26FIN2O4/c1-15-11-27(16(2)10-26(15)12-17-4-6-19(24)7-5-17)22(29)14-31-23-20(25)8-18(13-28)9-21(23)30-3/h4-9,13,15-16H,10-12,14H2,1-3H3. The van der Waals surface area contributed by atoms with Crippen LogP contribution in [0.2, 0.25) is 0 Å². The number of carbonyl (C=O) groups excluding carboxylic acids is 2. The van der Waals surface area contributed by atoms with E-state index in [0.29, 0.717) is 33.7 Å². The van der Waals surface area contributed by atoms with E-state index >= 15 is 0 Å². The summed E-state index contributed by atoms with van der Waals surface area (Å²) in [5, 5.41) is 0. The molecule has 0 bridgehead atoms. The molecule has 166 valence electrons. The molecule has 0 N–H and O–H groups in total. The number of amides is 1. The number of nitrogens with zero attached hydrogens (tertiary/aromatic N) is 2. The van der Waals surface area contributed by atoms with E-state index < -0.39 is 0 Å². The third-order valence-corrected chi connectivity index (χ3v) is 6.26. The summed E-state index contributed by atoms with van der Waals surface area (Å²) < 4.78 is 25.0. The zero-order valence-electron chi connectivity index (χ0n) is 17.8. The van der Waals surface area contributed by atoms with E-state index in [0.717, 1.165) is 18.4 Å². The number of hydrogen-bond donors (Lipinski definition) is 0. The maximum atomic E-state index is 13.2. The molecular weight excluding hydrogens is 514 g/mol. The maximum Gasteiger partial charge on any atom is 0.260 e. The lowest BCUT2D eigenvalue weighted by molar-refractivity contribution is -0.139. The van der Waals surface area contributed by atoms with Gasteiger partial charge in [-0.3, -0.25) is 14.5 Å². The molecule has 1 fully saturated rings. The molecular formula is C23H26FIN2O4. The number of carbonyl (C=O) groups is 2. The Hall–Kier alpha value is -2.20. The van der Waals surface area contributed by atoms with Gasteiger partial charge in [-0.1, -0.05) is 12.1 Å². The Morgan fingerprint density at radius 3 is 2.55 bits per heavy atom. The highest BCUT2D eigenvalue weighted by atomic mass is 127. The summed E-state index contributed by atoms with van der Waals surface area (Å²) in [7, 11) is 1.50. The molecule has 0 aromatic heterocycles. The van der Waals surface area contributed by atoms with Crippen LogP contribution in [0.4, 0.5) is 4.39 Å². The van der Waals surface area contributed by atoms with E-state index in [9.17, 15) is 14.0 Å². The molecule has 0 saturated carbocycles. The fraction of sp³-hybridized carbons (Fsp3) is 0.391. The van der Waals surface area contributed by atoms with Crippen molar-refractivity contribution in [1.29, 1.82) is 0 Å². The van der Waals surface area contributed by atoms with Crippen LogP contribution in [0.3, 0.4) is 0 Å². The molecule has 2 aromatic carbocycles. The minimum atomic E-state index is -0.243. The normalized spacial score (nSPS) is 19.2. The Labute approximate surface area is 195 Å². The molecule has 2 unspecified atom stereocenters. The van der Waals surface area contributed by atoms with Crippen molar-refractivity contribution in [3.05, 3.63) is 56.9 Å². The lowest BCUT2D eigenvalue weighted by Crippen LogP contribution is -2.58. The van der Waals surface area contributed by atoms with Gasteiger partial charge in [-0.25, -0.2) is 4.39 Å². The summed E-state index contributed by atoms with van der Waals surface area (Å²) in [6.45, 7) is 6.01. The second-order valence-corrected chi connectivity index (χ2v) is 8.90. The first-order valence-corrected chi connectivity index (χ1v) is 11.1. The molecule has 2 atom stereocenters. The minimum Gasteiger partial charge on any atom is -0.493 e. The smallest absolute Gasteiger partial charge is 0.260 e. The Morgan fingerprint density at radius 1 is 1.19 bits per heavy atom. The van der Waals surface area contributed by atoms with Gasteiger partial charge >= 0.3 is 0 Å². The number of ether oxygens (including phenoxy) is 2. The summed E-state index contributed by atoms with van der Waals surface area (Å²) in [6.07, 6.45) is 0.744. The fourth-order valence-electron chi connectivity index (χ4n) is 3.76.